The minimum atomic E-state index is -0.0985. The molecule has 124 valence electrons. The van der Waals surface area contributed by atoms with Gasteiger partial charge in [-0.25, -0.2) is 4.79 Å². The van der Waals surface area contributed by atoms with Gasteiger partial charge in [0.25, 0.3) is 5.91 Å². The van der Waals surface area contributed by atoms with Gasteiger partial charge in [-0.05, 0) is 43.9 Å². The molecule has 2 heterocycles. The van der Waals surface area contributed by atoms with Gasteiger partial charge in [0.15, 0.2) is 0 Å². The first-order valence-corrected chi connectivity index (χ1v) is 8.37. The molecule has 6 heteroatoms. The molecule has 3 rings (SSSR count). The number of amides is 3. The van der Waals surface area contributed by atoms with E-state index in [1.807, 2.05) is 29.2 Å². The quantitative estimate of drug-likeness (QED) is 0.888. The highest BCUT2D eigenvalue weighted by atomic mass is 16.2. The number of carbonyl (C=O) groups excluding carboxylic acids is 2. The number of carbonyl (C=O) groups is 2. The molecule has 3 N–H and O–H groups in total. The lowest BCUT2D eigenvalue weighted by Crippen LogP contribution is -2.48. The van der Waals surface area contributed by atoms with Gasteiger partial charge in [-0.15, -0.1) is 0 Å². The second-order valence-electron chi connectivity index (χ2n) is 6.17. The van der Waals surface area contributed by atoms with Crippen molar-refractivity contribution >= 4 is 17.6 Å². The number of hydrogen-bond donors (Lipinski definition) is 2. The van der Waals surface area contributed by atoms with E-state index in [-0.39, 0.29) is 18.0 Å². The fraction of sp³-hybridized carbons (Fsp3) is 0.529. The summed E-state index contributed by atoms with van der Waals surface area (Å²) in [7, 11) is 0. The fourth-order valence-electron chi connectivity index (χ4n) is 3.36. The Morgan fingerprint density at radius 1 is 1.26 bits per heavy atom. The number of likely N-dealkylation sites (tertiary alicyclic amines) is 1. The van der Waals surface area contributed by atoms with Crippen LogP contribution in [0.3, 0.4) is 0 Å². The van der Waals surface area contributed by atoms with Gasteiger partial charge in [-0.2, -0.15) is 0 Å². The van der Waals surface area contributed by atoms with Gasteiger partial charge in [0.05, 0.1) is 0 Å². The maximum Gasteiger partial charge on any atom is 0.321 e. The SMILES string of the molecule is NCC1CCCCN1C(=O)c1cccc(N2CCCNC2=O)c1. The van der Waals surface area contributed by atoms with Crippen molar-refractivity contribution < 1.29 is 9.59 Å². The summed E-state index contributed by atoms with van der Waals surface area (Å²) in [6.07, 6.45) is 4.03. The van der Waals surface area contributed by atoms with E-state index in [2.05, 4.69) is 5.32 Å². The summed E-state index contributed by atoms with van der Waals surface area (Å²) < 4.78 is 0. The number of benzene rings is 1. The highest BCUT2D eigenvalue weighted by Gasteiger charge is 2.27. The van der Waals surface area contributed by atoms with Crippen molar-refractivity contribution in [2.75, 3.05) is 31.1 Å². The minimum Gasteiger partial charge on any atom is -0.338 e. The maximum absolute atomic E-state index is 12.8. The number of urea groups is 1. The zero-order chi connectivity index (χ0) is 16.2. The van der Waals surface area contributed by atoms with E-state index in [1.54, 1.807) is 4.90 Å². The Hall–Kier alpha value is -2.08. The molecule has 1 unspecified atom stereocenters. The van der Waals surface area contributed by atoms with E-state index in [0.29, 0.717) is 25.2 Å². The van der Waals surface area contributed by atoms with Gasteiger partial charge in [-0.3, -0.25) is 9.69 Å². The third kappa shape index (κ3) is 3.32. The maximum atomic E-state index is 12.8. The summed E-state index contributed by atoms with van der Waals surface area (Å²) in [5.74, 6) is 0.0133. The van der Waals surface area contributed by atoms with Gasteiger partial charge in [0.1, 0.15) is 0 Å². The third-order valence-corrected chi connectivity index (χ3v) is 4.64. The Morgan fingerprint density at radius 3 is 2.91 bits per heavy atom. The third-order valence-electron chi connectivity index (χ3n) is 4.64. The largest absolute Gasteiger partial charge is 0.338 e. The van der Waals surface area contributed by atoms with Crippen LogP contribution in [0.4, 0.5) is 10.5 Å². The highest BCUT2D eigenvalue weighted by Crippen LogP contribution is 2.23. The molecule has 0 aromatic heterocycles. The average molecular weight is 316 g/mol. The van der Waals surface area contributed by atoms with E-state index in [0.717, 1.165) is 37.9 Å². The molecule has 23 heavy (non-hydrogen) atoms. The Labute approximate surface area is 136 Å². The molecule has 3 amide bonds. The standard InChI is InChI=1S/C17H24N4O2/c18-12-15-6-1-2-9-20(15)16(22)13-5-3-7-14(11-13)21-10-4-8-19-17(21)23/h3,5,7,11,15H,1-2,4,6,8-10,12,18H2,(H,19,23). The minimum absolute atomic E-state index is 0.0133. The van der Waals surface area contributed by atoms with Crippen LogP contribution in [-0.2, 0) is 0 Å². The predicted molar refractivity (Wildman–Crippen MR) is 89.5 cm³/mol. The van der Waals surface area contributed by atoms with E-state index in [4.69, 9.17) is 5.73 Å². The lowest BCUT2D eigenvalue weighted by molar-refractivity contribution is 0.0623. The molecule has 0 spiro atoms. The van der Waals surface area contributed by atoms with Crippen LogP contribution in [0.1, 0.15) is 36.0 Å². The second kappa shape index (κ2) is 7.00. The molecule has 2 aliphatic rings. The number of nitrogens with two attached hydrogens (primary N) is 1. The first kappa shape index (κ1) is 15.8. The normalized spacial score (nSPS) is 22.0. The van der Waals surface area contributed by atoms with E-state index in [1.165, 1.54) is 0 Å². The molecule has 2 aliphatic heterocycles. The average Bonchev–Trinajstić information content (AvgIpc) is 2.61. The van der Waals surface area contributed by atoms with Gasteiger partial charge in [0.2, 0.25) is 0 Å². The number of hydrogen-bond acceptors (Lipinski definition) is 3. The van der Waals surface area contributed by atoms with Crippen molar-refractivity contribution in [1.82, 2.24) is 10.2 Å². The van der Waals surface area contributed by atoms with Crippen LogP contribution < -0.4 is 16.0 Å². The summed E-state index contributed by atoms with van der Waals surface area (Å²) >= 11 is 0. The Morgan fingerprint density at radius 2 is 2.13 bits per heavy atom. The molecule has 2 fully saturated rings. The van der Waals surface area contributed by atoms with Crippen molar-refractivity contribution in [3.63, 3.8) is 0 Å². The van der Waals surface area contributed by atoms with Crippen LogP contribution in [0, 0.1) is 0 Å². The summed E-state index contributed by atoms with van der Waals surface area (Å²) in [4.78, 5) is 28.4. The van der Waals surface area contributed by atoms with Crippen molar-refractivity contribution in [2.24, 2.45) is 5.73 Å². The molecular formula is C17H24N4O2. The van der Waals surface area contributed by atoms with E-state index < -0.39 is 0 Å². The highest BCUT2D eigenvalue weighted by molar-refractivity contribution is 5.98. The van der Waals surface area contributed by atoms with E-state index in [9.17, 15) is 9.59 Å². The number of nitrogens with one attached hydrogen (secondary N) is 1. The van der Waals surface area contributed by atoms with Gasteiger partial charge < -0.3 is 16.0 Å². The van der Waals surface area contributed by atoms with Crippen molar-refractivity contribution in [1.29, 1.82) is 0 Å². The summed E-state index contributed by atoms with van der Waals surface area (Å²) in [6.45, 7) is 2.65. The predicted octanol–water partition coefficient (Wildman–Crippen LogP) is 1.56. The molecular weight excluding hydrogens is 292 g/mol. The van der Waals surface area contributed by atoms with Crippen molar-refractivity contribution in [3.8, 4) is 0 Å². The van der Waals surface area contributed by atoms with Gasteiger partial charge in [0, 0.05) is 43.5 Å². The number of piperidine rings is 1. The monoisotopic (exact) mass is 316 g/mol. The van der Waals surface area contributed by atoms with Crippen molar-refractivity contribution in [3.05, 3.63) is 29.8 Å². The zero-order valence-corrected chi connectivity index (χ0v) is 13.3. The Bertz CT molecular complexity index is 590. The van der Waals surface area contributed by atoms with Crippen LogP contribution in [0.5, 0.6) is 0 Å². The summed E-state index contributed by atoms with van der Waals surface area (Å²) in [6, 6.07) is 7.37. The van der Waals surface area contributed by atoms with Crippen LogP contribution in [-0.4, -0.2) is 49.1 Å². The second-order valence-corrected chi connectivity index (χ2v) is 6.17. The first-order valence-electron chi connectivity index (χ1n) is 8.37. The number of anilines is 1. The summed E-state index contributed by atoms with van der Waals surface area (Å²) in [5.41, 5.74) is 7.22. The molecule has 0 aliphatic carbocycles. The molecule has 6 nitrogen and oxygen atoms in total. The number of nitrogens with zero attached hydrogens (tertiary/aromatic N) is 2. The molecule has 2 saturated heterocycles. The molecule has 1 aromatic rings. The zero-order valence-electron chi connectivity index (χ0n) is 13.3. The molecule has 0 bridgehead atoms. The summed E-state index contributed by atoms with van der Waals surface area (Å²) in [5, 5.41) is 2.83. The molecule has 0 radical (unpaired) electrons. The van der Waals surface area contributed by atoms with Crippen LogP contribution in [0.25, 0.3) is 0 Å². The van der Waals surface area contributed by atoms with Gasteiger partial charge in [-0.1, -0.05) is 6.07 Å². The Balaban J connectivity index is 1.81. The molecule has 0 saturated carbocycles. The fourth-order valence-corrected chi connectivity index (χ4v) is 3.36. The Kier molecular flexibility index (Phi) is 4.81. The van der Waals surface area contributed by atoms with Crippen LogP contribution >= 0.6 is 0 Å². The first-order chi connectivity index (χ1) is 11.2. The topological polar surface area (TPSA) is 78.7 Å². The van der Waals surface area contributed by atoms with E-state index >= 15 is 0 Å². The lowest BCUT2D eigenvalue weighted by Gasteiger charge is -2.35. The van der Waals surface area contributed by atoms with Gasteiger partial charge >= 0.3 is 6.03 Å². The number of rotatable bonds is 3. The smallest absolute Gasteiger partial charge is 0.321 e. The molecule has 1 atom stereocenters. The van der Waals surface area contributed by atoms with Crippen molar-refractivity contribution in [2.45, 2.75) is 31.7 Å². The van der Waals surface area contributed by atoms with Crippen LogP contribution in [0.2, 0.25) is 0 Å². The molecule has 1 aromatic carbocycles. The van der Waals surface area contributed by atoms with Crippen LogP contribution in [0.15, 0.2) is 24.3 Å². The lowest BCUT2D eigenvalue weighted by atomic mass is 10.0.